The van der Waals surface area contributed by atoms with E-state index in [1.165, 1.54) is 0 Å². The Kier molecular flexibility index (Phi) is 6.93. The van der Waals surface area contributed by atoms with Crippen LogP contribution in [0.4, 0.5) is 0 Å². The Hall–Kier alpha value is -1.50. The van der Waals surface area contributed by atoms with Crippen molar-refractivity contribution in [3.8, 4) is 17.2 Å². The molecule has 0 bridgehead atoms. The van der Waals surface area contributed by atoms with Gasteiger partial charge in [0.15, 0.2) is 11.5 Å². The number of likely N-dealkylation sites (tertiary alicyclic amines) is 1. The molecule has 1 heterocycles. The molecule has 2 N–H and O–H groups in total. The molecule has 1 saturated heterocycles. The topological polar surface area (TPSA) is 71.4 Å². The maximum Gasteiger partial charge on any atom is 0.203 e. The lowest BCUT2D eigenvalue weighted by atomic mass is 9.73. The summed E-state index contributed by atoms with van der Waals surface area (Å²) in [5.41, 5.74) is 0.617. The van der Waals surface area contributed by atoms with Crippen molar-refractivity contribution in [3.05, 3.63) is 17.7 Å². The molecule has 0 unspecified atom stereocenters. The van der Waals surface area contributed by atoms with Crippen LogP contribution in [0.3, 0.4) is 0 Å². The van der Waals surface area contributed by atoms with Gasteiger partial charge in [0.1, 0.15) is 0 Å². The highest BCUT2D eigenvalue weighted by Gasteiger charge is 2.41. The van der Waals surface area contributed by atoms with Crippen molar-refractivity contribution in [2.24, 2.45) is 5.41 Å². The highest BCUT2D eigenvalue weighted by atomic mass is 16.5. The van der Waals surface area contributed by atoms with Crippen LogP contribution in [-0.4, -0.2) is 62.2 Å². The van der Waals surface area contributed by atoms with Crippen LogP contribution in [-0.2, 0) is 6.54 Å². The predicted octanol–water partition coefficient (Wildman–Crippen LogP) is 2.06. The van der Waals surface area contributed by atoms with Crippen LogP contribution in [0, 0.1) is 5.41 Å². The fourth-order valence-electron chi connectivity index (χ4n) is 3.80. The van der Waals surface area contributed by atoms with Crippen LogP contribution in [0.1, 0.15) is 31.7 Å². The smallest absolute Gasteiger partial charge is 0.203 e. The summed E-state index contributed by atoms with van der Waals surface area (Å²) in [5.74, 6) is 1.86. The Morgan fingerprint density at radius 3 is 2.40 bits per heavy atom. The van der Waals surface area contributed by atoms with Gasteiger partial charge >= 0.3 is 0 Å². The number of β-amino-alcohol motifs (C(OH)–C–C–N with tert-alkyl or cyclic N) is 1. The normalized spacial score (nSPS) is 24.2. The van der Waals surface area contributed by atoms with Crippen molar-refractivity contribution in [2.45, 2.75) is 38.8 Å². The summed E-state index contributed by atoms with van der Waals surface area (Å²) >= 11 is 0. The van der Waals surface area contributed by atoms with Gasteiger partial charge in [0, 0.05) is 24.1 Å². The number of hydrogen-bond donors (Lipinski definition) is 2. The van der Waals surface area contributed by atoms with Crippen molar-refractivity contribution >= 4 is 0 Å². The first-order valence-corrected chi connectivity index (χ1v) is 8.84. The number of piperidine rings is 1. The maximum atomic E-state index is 10.6. The van der Waals surface area contributed by atoms with Crippen LogP contribution in [0.5, 0.6) is 17.2 Å². The minimum absolute atomic E-state index is 0.0372. The summed E-state index contributed by atoms with van der Waals surface area (Å²) < 4.78 is 16.3. The van der Waals surface area contributed by atoms with Crippen LogP contribution >= 0.6 is 0 Å². The number of aliphatic hydroxyl groups is 2. The Balaban J connectivity index is 2.16. The number of benzene rings is 1. The average Bonchev–Trinajstić information content (AvgIpc) is 2.63. The molecule has 25 heavy (non-hydrogen) atoms. The number of nitrogens with zero attached hydrogens (tertiary/aromatic N) is 1. The Morgan fingerprint density at radius 2 is 1.88 bits per heavy atom. The van der Waals surface area contributed by atoms with E-state index in [4.69, 9.17) is 14.2 Å². The second-order valence-corrected chi connectivity index (χ2v) is 6.76. The number of methoxy groups -OCH3 is 3. The van der Waals surface area contributed by atoms with E-state index in [-0.39, 0.29) is 12.0 Å². The molecule has 1 aromatic rings. The molecular formula is C19H31NO5. The van der Waals surface area contributed by atoms with Gasteiger partial charge in [-0.2, -0.15) is 0 Å². The van der Waals surface area contributed by atoms with E-state index in [0.717, 1.165) is 31.4 Å². The van der Waals surface area contributed by atoms with E-state index in [1.54, 1.807) is 21.3 Å². The molecule has 0 radical (unpaired) electrons. The molecule has 2 atom stereocenters. The second kappa shape index (κ2) is 8.74. The van der Waals surface area contributed by atoms with Gasteiger partial charge in [-0.3, -0.25) is 4.90 Å². The minimum atomic E-state index is -0.530. The quantitative estimate of drug-likeness (QED) is 0.745. The molecule has 0 aliphatic carbocycles. The summed E-state index contributed by atoms with van der Waals surface area (Å²) in [5, 5.41) is 20.4. The van der Waals surface area contributed by atoms with Gasteiger partial charge in [0.2, 0.25) is 5.75 Å². The summed E-state index contributed by atoms with van der Waals surface area (Å²) in [7, 11) is 4.80. The van der Waals surface area contributed by atoms with Crippen molar-refractivity contribution in [1.82, 2.24) is 4.90 Å². The molecule has 0 amide bonds. The lowest BCUT2D eigenvalue weighted by Gasteiger charge is -2.44. The molecule has 142 valence electrons. The van der Waals surface area contributed by atoms with Crippen LogP contribution in [0.25, 0.3) is 0 Å². The van der Waals surface area contributed by atoms with Crippen molar-refractivity contribution in [3.63, 3.8) is 0 Å². The Morgan fingerprint density at radius 1 is 1.16 bits per heavy atom. The van der Waals surface area contributed by atoms with Gasteiger partial charge in [-0.05, 0) is 25.5 Å². The number of hydrogen-bond acceptors (Lipinski definition) is 6. The zero-order valence-electron chi connectivity index (χ0n) is 15.7. The molecular weight excluding hydrogens is 322 g/mol. The molecule has 0 spiro atoms. The molecule has 0 aromatic heterocycles. The molecule has 2 rings (SSSR count). The predicted molar refractivity (Wildman–Crippen MR) is 96.4 cm³/mol. The van der Waals surface area contributed by atoms with Gasteiger partial charge in [-0.1, -0.05) is 19.4 Å². The van der Waals surface area contributed by atoms with Gasteiger partial charge in [-0.25, -0.2) is 0 Å². The van der Waals surface area contributed by atoms with Gasteiger partial charge in [-0.15, -0.1) is 0 Å². The van der Waals surface area contributed by atoms with Crippen molar-refractivity contribution in [2.75, 3.05) is 41.0 Å². The van der Waals surface area contributed by atoms with Gasteiger partial charge in [0.25, 0.3) is 0 Å². The third-order valence-corrected chi connectivity index (χ3v) is 5.31. The van der Waals surface area contributed by atoms with E-state index < -0.39 is 6.10 Å². The number of rotatable bonds is 8. The lowest BCUT2D eigenvalue weighted by Crippen LogP contribution is -2.52. The highest BCUT2D eigenvalue weighted by Crippen LogP contribution is 2.41. The minimum Gasteiger partial charge on any atom is -0.493 e. The summed E-state index contributed by atoms with van der Waals surface area (Å²) in [6.45, 7) is 4.14. The fourth-order valence-corrected chi connectivity index (χ4v) is 3.80. The largest absolute Gasteiger partial charge is 0.493 e. The monoisotopic (exact) mass is 353 g/mol. The highest BCUT2D eigenvalue weighted by molar-refractivity contribution is 5.55. The molecule has 6 nitrogen and oxygen atoms in total. The molecule has 1 aliphatic rings. The zero-order chi connectivity index (χ0) is 18.4. The lowest BCUT2D eigenvalue weighted by molar-refractivity contribution is -0.0803. The standard InChI is InChI=1S/C19H31NO5/c1-5-8-19(13-21)9-10-20(12-16(19)22)11-14-6-7-15(23-2)18(25-4)17(14)24-3/h6-7,16,21-22H,5,8-13H2,1-4H3/t16-,19-/m1/s1. The van der Waals surface area contributed by atoms with Crippen molar-refractivity contribution < 1.29 is 24.4 Å². The van der Waals surface area contributed by atoms with Gasteiger partial charge < -0.3 is 24.4 Å². The first-order valence-electron chi connectivity index (χ1n) is 8.84. The van der Waals surface area contributed by atoms with Gasteiger partial charge in [0.05, 0.1) is 34.0 Å². The van der Waals surface area contributed by atoms with Crippen molar-refractivity contribution in [1.29, 1.82) is 0 Å². The average molecular weight is 353 g/mol. The third-order valence-electron chi connectivity index (χ3n) is 5.31. The first-order chi connectivity index (χ1) is 12.0. The Bertz CT molecular complexity index is 565. The van der Waals surface area contributed by atoms with E-state index >= 15 is 0 Å². The van der Waals surface area contributed by atoms with Crippen LogP contribution in [0.15, 0.2) is 12.1 Å². The van der Waals surface area contributed by atoms with E-state index in [0.29, 0.717) is 30.3 Å². The Labute approximate surface area is 150 Å². The second-order valence-electron chi connectivity index (χ2n) is 6.76. The fraction of sp³-hybridized carbons (Fsp3) is 0.684. The molecule has 1 aliphatic heterocycles. The summed E-state index contributed by atoms with van der Waals surface area (Å²) in [6, 6.07) is 3.83. The molecule has 6 heteroatoms. The van der Waals surface area contributed by atoms with Crippen LogP contribution < -0.4 is 14.2 Å². The van der Waals surface area contributed by atoms with Crippen LogP contribution in [0.2, 0.25) is 0 Å². The van der Waals surface area contributed by atoms with E-state index in [2.05, 4.69) is 11.8 Å². The summed E-state index contributed by atoms with van der Waals surface area (Å²) in [6.07, 6.45) is 2.06. The first kappa shape index (κ1) is 19.8. The SMILES string of the molecule is CCC[C@]1(CO)CCN(Cc2ccc(OC)c(OC)c2OC)C[C@H]1O. The van der Waals surface area contributed by atoms with E-state index in [9.17, 15) is 10.2 Å². The third kappa shape index (κ3) is 4.02. The summed E-state index contributed by atoms with van der Waals surface area (Å²) in [4.78, 5) is 2.19. The number of ether oxygens (including phenoxy) is 3. The molecule has 0 saturated carbocycles. The maximum absolute atomic E-state index is 10.6. The zero-order valence-corrected chi connectivity index (χ0v) is 15.7. The van der Waals surface area contributed by atoms with E-state index in [1.807, 2.05) is 12.1 Å². The molecule has 1 aromatic carbocycles. The number of aliphatic hydroxyl groups excluding tert-OH is 2. The molecule has 1 fully saturated rings.